The molecule has 4 rings (SSSR count). The van der Waals surface area contributed by atoms with Crippen molar-refractivity contribution < 1.29 is 18.9 Å². The number of carbonyl (C=O) groups is 3. The van der Waals surface area contributed by atoms with E-state index in [4.69, 9.17) is 4.52 Å². The molecule has 1 unspecified atom stereocenters. The summed E-state index contributed by atoms with van der Waals surface area (Å²) in [5.41, 5.74) is 1.76. The lowest BCUT2D eigenvalue weighted by Gasteiger charge is -2.15. The van der Waals surface area contributed by atoms with Crippen molar-refractivity contribution in [1.29, 1.82) is 0 Å². The summed E-state index contributed by atoms with van der Waals surface area (Å²) < 4.78 is 5.86. The van der Waals surface area contributed by atoms with Crippen LogP contribution in [0.15, 0.2) is 105 Å². The Morgan fingerprint density at radius 1 is 0.975 bits per heavy atom. The van der Waals surface area contributed by atoms with Crippen molar-refractivity contribution in [3.05, 3.63) is 112 Å². The van der Waals surface area contributed by atoms with Crippen LogP contribution in [0, 0.1) is 6.92 Å². The summed E-state index contributed by atoms with van der Waals surface area (Å²) in [7, 11) is 0. The molecule has 10 heteroatoms. The summed E-state index contributed by atoms with van der Waals surface area (Å²) in [6, 6.07) is 24.9. The molecule has 0 aliphatic rings. The van der Waals surface area contributed by atoms with Gasteiger partial charge in [0.05, 0.1) is 5.25 Å². The smallest absolute Gasteiger partial charge is 0.272 e. The number of hydrogen-bond acceptors (Lipinski definition) is 6. The van der Waals surface area contributed by atoms with Crippen LogP contribution >= 0.6 is 27.7 Å². The molecule has 3 N–H and O–H groups in total. The molecule has 0 saturated carbocycles. The third kappa shape index (κ3) is 8.17. The van der Waals surface area contributed by atoms with E-state index in [-0.39, 0.29) is 16.9 Å². The zero-order chi connectivity index (χ0) is 28.5. The van der Waals surface area contributed by atoms with Crippen molar-refractivity contribution in [1.82, 2.24) is 10.5 Å². The van der Waals surface area contributed by atoms with Gasteiger partial charge in [0, 0.05) is 26.7 Å². The topological polar surface area (TPSA) is 113 Å². The molecular formula is C30H27BrN4O4S. The fourth-order valence-electron chi connectivity index (χ4n) is 3.67. The second-order valence-electron chi connectivity index (χ2n) is 8.74. The monoisotopic (exact) mass is 618 g/mol. The number of anilines is 2. The molecule has 1 atom stereocenters. The maximum Gasteiger partial charge on any atom is 0.272 e. The van der Waals surface area contributed by atoms with Crippen LogP contribution in [-0.4, -0.2) is 28.1 Å². The summed E-state index contributed by atoms with van der Waals surface area (Å²) in [6.45, 7) is 3.67. The molecule has 0 radical (unpaired) electrons. The normalized spacial score (nSPS) is 11.9. The Balaban J connectivity index is 1.50. The molecule has 0 saturated heterocycles. The van der Waals surface area contributed by atoms with Crippen LogP contribution in [0.5, 0.6) is 0 Å². The molecule has 3 amide bonds. The Labute approximate surface area is 244 Å². The van der Waals surface area contributed by atoms with Gasteiger partial charge in [-0.3, -0.25) is 14.4 Å². The maximum atomic E-state index is 13.4. The zero-order valence-electron chi connectivity index (χ0n) is 21.8. The van der Waals surface area contributed by atoms with Gasteiger partial charge in [-0.1, -0.05) is 64.4 Å². The van der Waals surface area contributed by atoms with E-state index in [1.807, 2.05) is 43.3 Å². The summed E-state index contributed by atoms with van der Waals surface area (Å²) >= 11 is 4.81. The quantitative estimate of drug-likeness (QED) is 0.135. The van der Waals surface area contributed by atoms with Crippen molar-refractivity contribution >= 4 is 63.0 Å². The van der Waals surface area contributed by atoms with E-state index in [0.717, 1.165) is 14.9 Å². The van der Waals surface area contributed by atoms with Crippen LogP contribution in [0.25, 0.3) is 6.08 Å². The number of nitrogens with zero attached hydrogens (tertiary/aromatic N) is 1. The fraction of sp³-hybridized carbons (Fsp3) is 0.133. The highest BCUT2D eigenvalue weighted by Crippen LogP contribution is 2.29. The average Bonchev–Trinajstić information content (AvgIpc) is 3.36. The van der Waals surface area contributed by atoms with Gasteiger partial charge in [0.1, 0.15) is 11.5 Å². The first-order valence-corrected chi connectivity index (χ1v) is 14.1. The van der Waals surface area contributed by atoms with Gasteiger partial charge in [-0.2, -0.15) is 0 Å². The molecule has 204 valence electrons. The highest BCUT2D eigenvalue weighted by molar-refractivity contribution is 9.10. The molecule has 0 fully saturated rings. The van der Waals surface area contributed by atoms with E-state index in [1.165, 1.54) is 11.8 Å². The van der Waals surface area contributed by atoms with Gasteiger partial charge < -0.3 is 20.5 Å². The Morgan fingerprint density at radius 3 is 2.45 bits per heavy atom. The van der Waals surface area contributed by atoms with E-state index in [0.29, 0.717) is 29.2 Å². The molecule has 40 heavy (non-hydrogen) atoms. The Bertz CT molecular complexity index is 1540. The van der Waals surface area contributed by atoms with Crippen LogP contribution < -0.4 is 16.0 Å². The molecule has 0 bridgehead atoms. The number of halogens is 1. The van der Waals surface area contributed by atoms with Gasteiger partial charge in [0.2, 0.25) is 5.91 Å². The van der Waals surface area contributed by atoms with E-state index < -0.39 is 11.8 Å². The standard InChI is InChI=1S/C30H27BrN4O4S/c1-3-26(30(38)34-27-15-19(2)39-35-27)40-24-14-8-13-23(18-24)32-29(37)25(17-20-9-7-12-22(31)16-20)33-28(36)21-10-5-4-6-11-21/h4-18,26H,3H2,1-2H3,(H,32,37)(H,33,36)(H,34,35,38)/b25-17+. The predicted molar refractivity (Wildman–Crippen MR) is 161 cm³/mol. The van der Waals surface area contributed by atoms with Crippen molar-refractivity contribution in [2.45, 2.75) is 30.4 Å². The zero-order valence-corrected chi connectivity index (χ0v) is 24.2. The van der Waals surface area contributed by atoms with Gasteiger partial charge >= 0.3 is 0 Å². The largest absolute Gasteiger partial charge is 0.360 e. The molecule has 1 heterocycles. The molecule has 0 aliphatic heterocycles. The molecule has 0 aliphatic carbocycles. The highest BCUT2D eigenvalue weighted by atomic mass is 79.9. The van der Waals surface area contributed by atoms with Crippen LogP contribution in [0.4, 0.5) is 11.5 Å². The van der Waals surface area contributed by atoms with Crippen LogP contribution in [0.3, 0.4) is 0 Å². The Kier molecular flexibility index (Phi) is 9.93. The number of thioether (sulfide) groups is 1. The first kappa shape index (κ1) is 28.8. The molecular weight excluding hydrogens is 592 g/mol. The third-order valence-corrected chi connectivity index (χ3v) is 7.45. The van der Waals surface area contributed by atoms with Crippen LogP contribution in [0.2, 0.25) is 0 Å². The minimum Gasteiger partial charge on any atom is -0.360 e. The Morgan fingerprint density at radius 2 is 1.75 bits per heavy atom. The number of aryl methyl sites for hydroxylation is 1. The van der Waals surface area contributed by atoms with E-state index in [1.54, 1.807) is 61.5 Å². The van der Waals surface area contributed by atoms with E-state index in [2.05, 4.69) is 37.0 Å². The molecule has 4 aromatic rings. The number of rotatable bonds is 10. The summed E-state index contributed by atoms with van der Waals surface area (Å²) in [5.74, 6) is -0.117. The summed E-state index contributed by atoms with van der Waals surface area (Å²) in [6.07, 6.45) is 2.19. The van der Waals surface area contributed by atoms with E-state index in [9.17, 15) is 14.4 Å². The van der Waals surface area contributed by atoms with Gasteiger partial charge in [0.25, 0.3) is 11.8 Å². The fourth-order valence-corrected chi connectivity index (χ4v) is 5.10. The Hall–Kier alpha value is -4.15. The minimum atomic E-state index is -0.488. The number of benzene rings is 3. The predicted octanol–water partition coefficient (Wildman–Crippen LogP) is 6.66. The van der Waals surface area contributed by atoms with Gasteiger partial charge in [-0.25, -0.2) is 0 Å². The van der Waals surface area contributed by atoms with Gasteiger partial charge in [0.15, 0.2) is 5.82 Å². The molecule has 8 nitrogen and oxygen atoms in total. The SMILES string of the molecule is CCC(Sc1cccc(NC(=O)/C(=C\c2cccc(Br)c2)NC(=O)c2ccccc2)c1)C(=O)Nc1cc(C)on1. The number of nitrogens with one attached hydrogen (secondary N) is 3. The molecule has 3 aromatic carbocycles. The lowest BCUT2D eigenvalue weighted by atomic mass is 10.1. The van der Waals surface area contributed by atoms with Crippen molar-refractivity contribution in [3.63, 3.8) is 0 Å². The summed E-state index contributed by atoms with van der Waals surface area (Å²) in [5, 5.41) is 11.8. The van der Waals surface area contributed by atoms with Crippen molar-refractivity contribution in [2.24, 2.45) is 0 Å². The number of hydrogen-bond donors (Lipinski definition) is 3. The number of amides is 3. The third-order valence-electron chi connectivity index (χ3n) is 5.60. The first-order chi connectivity index (χ1) is 19.3. The van der Waals surface area contributed by atoms with Gasteiger partial charge in [-0.15, -0.1) is 11.8 Å². The lowest BCUT2D eigenvalue weighted by Crippen LogP contribution is -2.30. The van der Waals surface area contributed by atoms with Gasteiger partial charge in [-0.05, 0) is 67.4 Å². The minimum absolute atomic E-state index is 0.0822. The second kappa shape index (κ2) is 13.8. The summed E-state index contributed by atoms with van der Waals surface area (Å²) in [4.78, 5) is 39.8. The number of carbonyl (C=O) groups excluding carboxylic acids is 3. The first-order valence-electron chi connectivity index (χ1n) is 12.5. The number of aromatic nitrogens is 1. The van der Waals surface area contributed by atoms with Crippen molar-refractivity contribution in [2.75, 3.05) is 10.6 Å². The van der Waals surface area contributed by atoms with Crippen molar-refractivity contribution in [3.8, 4) is 0 Å². The molecule has 0 spiro atoms. The van der Waals surface area contributed by atoms with Crippen LogP contribution in [-0.2, 0) is 9.59 Å². The lowest BCUT2D eigenvalue weighted by molar-refractivity contribution is -0.116. The second-order valence-corrected chi connectivity index (χ2v) is 10.9. The molecule has 1 aromatic heterocycles. The maximum absolute atomic E-state index is 13.4. The average molecular weight is 620 g/mol. The highest BCUT2D eigenvalue weighted by Gasteiger charge is 2.20. The van der Waals surface area contributed by atoms with Crippen LogP contribution in [0.1, 0.15) is 35.0 Å². The van der Waals surface area contributed by atoms with E-state index >= 15 is 0 Å².